The normalized spacial score (nSPS) is 28.2. The van der Waals surface area contributed by atoms with Crippen LogP contribution >= 0.6 is 10.8 Å². The van der Waals surface area contributed by atoms with E-state index >= 15 is 0 Å². The SMILES string of the molecule is O=C(O)C1=CSS(=S)C1C(=O)O. The molecule has 1 aliphatic heterocycles. The summed E-state index contributed by atoms with van der Waals surface area (Å²) in [5.74, 6) is -2.36. The summed E-state index contributed by atoms with van der Waals surface area (Å²) in [5, 5.41) is 17.5. The van der Waals surface area contributed by atoms with Crippen LogP contribution in [0.25, 0.3) is 0 Å². The Morgan fingerprint density at radius 2 is 2.17 bits per heavy atom. The van der Waals surface area contributed by atoms with Gasteiger partial charge in [0.05, 0.1) is 5.57 Å². The van der Waals surface area contributed by atoms with Gasteiger partial charge in [0, 0.05) is 0 Å². The zero-order valence-electron chi connectivity index (χ0n) is 5.59. The summed E-state index contributed by atoms with van der Waals surface area (Å²) in [6.45, 7) is 0. The van der Waals surface area contributed by atoms with Crippen LogP contribution in [0.15, 0.2) is 11.0 Å². The van der Waals surface area contributed by atoms with Crippen molar-refractivity contribution in [2.24, 2.45) is 0 Å². The Morgan fingerprint density at radius 1 is 1.58 bits per heavy atom. The first kappa shape index (κ1) is 9.69. The van der Waals surface area contributed by atoms with Crippen LogP contribution in [0.1, 0.15) is 0 Å². The molecule has 7 heteroatoms. The van der Waals surface area contributed by atoms with Gasteiger partial charge in [0.25, 0.3) is 0 Å². The number of carboxylic acids is 2. The summed E-state index contributed by atoms with van der Waals surface area (Å²) in [5.41, 5.74) is -0.106. The van der Waals surface area contributed by atoms with Crippen LogP contribution in [0.2, 0.25) is 0 Å². The Hall–Kier alpha value is -0.400. The molecule has 1 rings (SSSR count). The van der Waals surface area contributed by atoms with Gasteiger partial charge >= 0.3 is 11.9 Å². The minimum absolute atomic E-state index is 0.106. The molecule has 0 aromatic heterocycles. The van der Waals surface area contributed by atoms with E-state index in [0.29, 0.717) is 0 Å². The lowest BCUT2D eigenvalue weighted by molar-refractivity contribution is -0.139. The van der Waals surface area contributed by atoms with Gasteiger partial charge in [0.1, 0.15) is 5.25 Å². The molecule has 0 fully saturated rings. The van der Waals surface area contributed by atoms with Crippen LogP contribution in [-0.4, -0.2) is 27.4 Å². The first-order chi connectivity index (χ1) is 5.54. The molecule has 12 heavy (non-hydrogen) atoms. The molecule has 0 aromatic carbocycles. The van der Waals surface area contributed by atoms with Gasteiger partial charge in [0.2, 0.25) is 0 Å². The first-order valence-electron chi connectivity index (χ1n) is 2.78. The maximum Gasteiger partial charge on any atom is 0.333 e. The molecule has 66 valence electrons. The molecule has 2 N–H and O–H groups in total. The molecule has 0 amide bonds. The topological polar surface area (TPSA) is 74.6 Å². The summed E-state index contributed by atoms with van der Waals surface area (Å²) in [6, 6.07) is 0. The van der Waals surface area contributed by atoms with Crippen molar-refractivity contribution in [1.29, 1.82) is 0 Å². The second-order valence-electron chi connectivity index (χ2n) is 1.95. The number of carboxylic acid groups (broad SMARTS) is 2. The molecule has 0 bridgehead atoms. The number of hydrogen-bond donors (Lipinski definition) is 2. The summed E-state index contributed by atoms with van der Waals surface area (Å²) in [6.07, 6.45) is 0. The summed E-state index contributed by atoms with van der Waals surface area (Å²) in [4.78, 5) is 21.0. The summed E-state index contributed by atoms with van der Waals surface area (Å²) in [7, 11) is 0.225. The smallest absolute Gasteiger partial charge is 0.333 e. The van der Waals surface area contributed by atoms with Crippen LogP contribution < -0.4 is 0 Å². The molecule has 0 aromatic rings. The third-order valence-corrected chi connectivity index (χ3v) is 5.32. The highest BCUT2D eigenvalue weighted by molar-refractivity contribution is 8.84. The molecule has 1 heterocycles. The lowest BCUT2D eigenvalue weighted by Gasteiger charge is -2.04. The predicted octanol–water partition coefficient (Wildman–Crippen LogP) is 0.150. The minimum Gasteiger partial charge on any atom is -0.480 e. The van der Waals surface area contributed by atoms with Crippen molar-refractivity contribution in [3.8, 4) is 0 Å². The van der Waals surface area contributed by atoms with Crippen molar-refractivity contribution >= 4 is 42.4 Å². The Labute approximate surface area is 78.6 Å². The zero-order chi connectivity index (χ0) is 9.30. The van der Waals surface area contributed by atoms with Crippen molar-refractivity contribution in [1.82, 2.24) is 0 Å². The van der Waals surface area contributed by atoms with Crippen LogP contribution in [0.4, 0.5) is 0 Å². The third kappa shape index (κ3) is 1.67. The van der Waals surface area contributed by atoms with Crippen LogP contribution in [0.3, 0.4) is 0 Å². The molecular formula is C5H4O4S3. The highest BCUT2D eigenvalue weighted by Gasteiger charge is 2.35. The number of rotatable bonds is 2. The number of hydrogen-bond acceptors (Lipinski definition) is 4. The largest absolute Gasteiger partial charge is 0.480 e. The van der Waals surface area contributed by atoms with Gasteiger partial charge in [-0.15, -0.1) is 0 Å². The second-order valence-corrected chi connectivity index (χ2v) is 6.74. The van der Waals surface area contributed by atoms with E-state index in [9.17, 15) is 9.59 Å². The van der Waals surface area contributed by atoms with E-state index in [-0.39, 0.29) is 5.57 Å². The molecule has 2 atom stereocenters. The van der Waals surface area contributed by atoms with E-state index in [1.807, 2.05) is 0 Å². The van der Waals surface area contributed by atoms with E-state index in [1.165, 1.54) is 5.41 Å². The molecule has 2 unspecified atom stereocenters. The minimum atomic E-state index is -1.20. The molecule has 4 nitrogen and oxygen atoms in total. The number of carbonyl (C=O) groups is 2. The standard InChI is InChI=1S/C5H4O4S3/c6-4(7)2-1-11-12(10)3(2)5(8)9/h1,3H,(H,6,7)(H,8,9). The van der Waals surface area contributed by atoms with Gasteiger partial charge in [0.15, 0.2) is 0 Å². The summed E-state index contributed by atoms with van der Waals surface area (Å²) < 4.78 is 0. The molecule has 1 aliphatic rings. The highest BCUT2D eigenvalue weighted by atomic mass is 33.3. The van der Waals surface area contributed by atoms with Gasteiger partial charge < -0.3 is 10.2 Å². The van der Waals surface area contributed by atoms with Gasteiger partial charge in [-0.3, -0.25) is 4.79 Å². The van der Waals surface area contributed by atoms with Crippen molar-refractivity contribution in [3.63, 3.8) is 0 Å². The van der Waals surface area contributed by atoms with Gasteiger partial charge in [-0.1, -0.05) is 10.8 Å². The molecule has 0 saturated heterocycles. The third-order valence-electron chi connectivity index (χ3n) is 1.22. The monoisotopic (exact) mass is 224 g/mol. The Bertz CT molecular complexity index is 295. The fourth-order valence-electron chi connectivity index (χ4n) is 0.698. The maximum atomic E-state index is 10.5. The predicted molar refractivity (Wildman–Crippen MR) is 49.5 cm³/mol. The van der Waals surface area contributed by atoms with Gasteiger partial charge in [-0.05, 0) is 25.1 Å². The van der Waals surface area contributed by atoms with E-state index in [1.54, 1.807) is 0 Å². The maximum absolute atomic E-state index is 10.5. The molecular weight excluding hydrogens is 220 g/mol. The second kappa shape index (κ2) is 3.55. The Kier molecular flexibility index (Phi) is 2.86. The van der Waals surface area contributed by atoms with E-state index in [0.717, 1.165) is 10.8 Å². The number of aliphatic carboxylic acids is 2. The van der Waals surface area contributed by atoms with Crippen molar-refractivity contribution in [2.75, 3.05) is 0 Å². The van der Waals surface area contributed by atoms with Crippen LogP contribution in [0.5, 0.6) is 0 Å². The zero-order valence-corrected chi connectivity index (χ0v) is 8.04. The average Bonchev–Trinajstić information content (AvgIpc) is 2.30. The Morgan fingerprint density at radius 3 is 2.50 bits per heavy atom. The lowest BCUT2D eigenvalue weighted by Crippen LogP contribution is -2.26. The van der Waals surface area contributed by atoms with Gasteiger partial charge in [-0.2, -0.15) is 0 Å². The molecule has 0 spiro atoms. The van der Waals surface area contributed by atoms with Crippen LogP contribution in [-0.2, 0) is 29.3 Å². The average molecular weight is 224 g/mol. The van der Waals surface area contributed by atoms with Crippen molar-refractivity contribution in [2.45, 2.75) is 5.25 Å². The van der Waals surface area contributed by atoms with E-state index in [2.05, 4.69) is 0 Å². The quantitative estimate of drug-likeness (QED) is 0.650. The van der Waals surface area contributed by atoms with Crippen molar-refractivity contribution < 1.29 is 19.8 Å². The lowest BCUT2D eigenvalue weighted by atomic mass is 10.2. The fraction of sp³-hybridized carbons (Fsp3) is 0.200. The van der Waals surface area contributed by atoms with Crippen molar-refractivity contribution in [3.05, 3.63) is 11.0 Å². The van der Waals surface area contributed by atoms with Crippen LogP contribution in [0, 0.1) is 0 Å². The van der Waals surface area contributed by atoms with E-state index < -0.39 is 25.7 Å². The fourth-order valence-corrected chi connectivity index (χ4v) is 4.27. The van der Waals surface area contributed by atoms with Gasteiger partial charge in [-0.25, -0.2) is 4.79 Å². The first-order valence-corrected chi connectivity index (χ1v) is 6.39. The molecule has 0 aliphatic carbocycles. The molecule has 0 radical (unpaired) electrons. The summed E-state index contributed by atoms with van der Waals surface area (Å²) >= 11 is 4.79. The highest BCUT2D eigenvalue weighted by Crippen LogP contribution is 2.30. The molecule has 0 saturated carbocycles. The van der Waals surface area contributed by atoms with E-state index in [4.69, 9.17) is 21.4 Å². The Balaban J connectivity index is 2.96.